The highest BCUT2D eigenvalue weighted by atomic mass is 35.5. The second kappa shape index (κ2) is 5.70. The fourth-order valence-corrected chi connectivity index (χ4v) is 3.05. The number of amides is 1. The number of hydrogen-bond acceptors (Lipinski definition) is 3. The topological polar surface area (TPSA) is 81.1 Å². The van der Waals surface area contributed by atoms with Crippen molar-refractivity contribution in [3.63, 3.8) is 0 Å². The molecule has 0 aliphatic heterocycles. The Bertz CT molecular complexity index is 490. The predicted octanol–water partition coefficient (Wildman–Crippen LogP) is 2.87. The summed E-state index contributed by atoms with van der Waals surface area (Å²) in [6.07, 6.45) is 3.75. The molecule has 4 nitrogen and oxygen atoms in total. The summed E-state index contributed by atoms with van der Waals surface area (Å²) >= 11 is 6.15. The highest BCUT2D eigenvalue weighted by molar-refractivity contribution is 6.34. The number of halogens is 1. The van der Waals surface area contributed by atoms with Crippen LogP contribution in [0.4, 0.5) is 11.4 Å². The molecule has 104 valence electrons. The van der Waals surface area contributed by atoms with E-state index in [2.05, 4.69) is 12.2 Å². The number of nitrogen functional groups attached to an aromatic ring is 1. The van der Waals surface area contributed by atoms with Gasteiger partial charge in [-0.25, -0.2) is 0 Å². The zero-order chi connectivity index (χ0) is 14.0. The van der Waals surface area contributed by atoms with Crippen LogP contribution in [0.2, 0.25) is 5.02 Å². The van der Waals surface area contributed by atoms with E-state index < -0.39 is 5.91 Å². The van der Waals surface area contributed by atoms with E-state index in [1.54, 1.807) is 12.1 Å². The van der Waals surface area contributed by atoms with Crippen LogP contribution in [0.3, 0.4) is 0 Å². The van der Waals surface area contributed by atoms with E-state index in [9.17, 15) is 4.79 Å². The molecule has 1 amide bonds. The molecule has 0 bridgehead atoms. The van der Waals surface area contributed by atoms with Crippen molar-refractivity contribution >= 4 is 28.9 Å². The van der Waals surface area contributed by atoms with Gasteiger partial charge in [0.2, 0.25) is 0 Å². The molecule has 1 saturated carbocycles. The molecule has 2 unspecified atom stereocenters. The van der Waals surface area contributed by atoms with E-state index in [0.717, 1.165) is 6.54 Å². The fraction of sp³-hybridized carbons (Fsp3) is 0.500. The lowest BCUT2D eigenvalue weighted by molar-refractivity contribution is 0.100. The van der Waals surface area contributed by atoms with Gasteiger partial charge >= 0.3 is 0 Å². The van der Waals surface area contributed by atoms with Crippen molar-refractivity contribution in [1.82, 2.24) is 0 Å². The minimum Gasteiger partial charge on any atom is -0.399 e. The predicted molar refractivity (Wildman–Crippen MR) is 79.4 cm³/mol. The van der Waals surface area contributed by atoms with E-state index in [-0.39, 0.29) is 0 Å². The maximum Gasteiger partial charge on any atom is 0.250 e. The van der Waals surface area contributed by atoms with Crippen LogP contribution in [0.1, 0.15) is 36.5 Å². The van der Waals surface area contributed by atoms with Crippen molar-refractivity contribution < 1.29 is 4.79 Å². The van der Waals surface area contributed by atoms with Gasteiger partial charge in [0.05, 0.1) is 16.3 Å². The number of nitrogens with one attached hydrogen (secondary N) is 1. The third-order valence-corrected chi connectivity index (χ3v) is 4.26. The molecule has 2 rings (SSSR count). The van der Waals surface area contributed by atoms with Crippen LogP contribution in [-0.2, 0) is 0 Å². The smallest absolute Gasteiger partial charge is 0.250 e. The highest BCUT2D eigenvalue weighted by Gasteiger charge is 2.24. The molecule has 0 saturated heterocycles. The Morgan fingerprint density at radius 2 is 2.21 bits per heavy atom. The van der Waals surface area contributed by atoms with E-state index in [4.69, 9.17) is 23.1 Å². The Balaban J connectivity index is 2.17. The summed E-state index contributed by atoms with van der Waals surface area (Å²) < 4.78 is 0. The first-order valence-corrected chi connectivity index (χ1v) is 6.99. The maximum absolute atomic E-state index is 11.5. The first-order chi connectivity index (χ1) is 8.99. The van der Waals surface area contributed by atoms with Gasteiger partial charge in [-0.3, -0.25) is 4.79 Å². The van der Waals surface area contributed by atoms with Crippen LogP contribution < -0.4 is 16.8 Å². The number of carbonyl (C=O) groups is 1. The largest absolute Gasteiger partial charge is 0.399 e. The fourth-order valence-electron chi connectivity index (χ4n) is 2.76. The number of anilines is 2. The molecule has 0 aromatic heterocycles. The number of nitrogens with two attached hydrogens (primary N) is 2. The quantitative estimate of drug-likeness (QED) is 0.742. The van der Waals surface area contributed by atoms with Crippen LogP contribution in [0.15, 0.2) is 12.1 Å². The van der Waals surface area contributed by atoms with Crippen LogP contribution >= 0.6 is 11.6 Å². The Morgan fingerprint density at radius 3 is 2.79 bits per heavy atom. The molecule has 5 N–H and O–H groups in total. The molecular formula is C14H20ClN3O. The highest BCUT2D eigenvalue weighted by Crippen LogP contribution is 2.33. The monoisotopic (exact) mass is 281 g/mol. The third-order valence-electron chi connectivity index (χ3n) is 3.96. The van der Waals surface area contributed by atoms with Gasteiger partial charge in [-0.05, 0) is 30.4 Å². The second-order valence-electron chi connectivity index (χ2n) is 5.34. The molecule has 2 atom stereocenters. The first kappa shape index (κ1) is 14.0. The van der Waals surface area contributed by atoms with Crippen LogP contribution in [0.5, 0.6) is 0 Å². The minimum atomic E-state index is -0.517. The van der Waals surface area contributed by atoms with Crippen LogP contribution in [0, 0.1) is 11.8 Å². The van der Waals surface area contributed by atoms with Gasteiger partial charge in [0.25, 0.3) is 5.91 Å². The maximum atomic E-state index is 11.5. The van der Waals surface area contributed by atoms with Gasteiger partial charge in [0.1, 0.15) is 0 Å². The average Bonchev–Trinajstić information content (AvgIpc) is 2.73. The average molecular weight is 282 g/mol. The summed E-state index contributed by atoms with van der Waals surface area (Å²) in [7, 11) is 0. The van der Waals surface area contributed by atoms with Crippen molar-refractivity contribution in [1.29, 1.82) is 0 Å². The lowest BCUT2D eigenvalue weighted by Gasteiger charge is -2.19. The molecule has 19 heavy (non-hydrogen) atoms. The summed E-state index contributed by atoms with van der Waals surface area (Å²) in [6, 6.07) is 3.20. The van der Waals surface area contributed by atoms with E-state index in [1.165, 1.54) is 19.3 Å². The third kappa shape index (κ3) is 3.13. The molecule has 0 radical (unpaired) electrons. The standard InChI is InChI=1S/C14H20ClN3O/c1-8-3-2-4-9(8)7-18-13-11(14(17)19)5-10(16)6-12(13)15/h5-6,8-9,18H,2-4,7,16H2,1H3,(H2,17,19). The van der Waals surface area contributed by atoms with Crippen molar-refractivity contribution in [2.24, 2.45) is 17.6 Å². The molecule has 1 aromatic carbocycles. The Labute approximate surface area is 118 Å². The van der Waals surface area contributed by atoms with Gasteiger partial charge in [-0.15, -0.1) is 0 Å². The SMILES string of the molecule is CC1CCCC1CNc1c(Cl)cc(N)cc1C(N)=O. The van der Waals surface area contributed by atoms with Gasteiger partial charge in [-0.1, -0.05) is 31.4 Å². The van der Waals surface area contributed by atoms with Gasteiger partial charge in [0, 0.05) is 12.2 Å². The lowest BCUT2D eigenvalue weighted by Crippen LogP contribution is -2.20. The van der Waals surface area contributed by atoms with E-state index >= 15 is 0 Å². The molecule has 1 aromatic rings. The Hall–Kier alpha value is -1.42. The molecule has 1 aliphatic rings. The van der Waals surface area contributed by atoms with Crippen molar-refractivity contribution in [2.75, 3.05) is 17.6 Å². The van der Waals surface area contributed by atoms with Crippen LogP contribution in [-0.4, -0.2) is 12.5 Å². The summed E-state index contributed by atoms with van der Waals surface area (Å²) in [6.45, 7) is 3.07. The van der Waals surface area contributed by atoms with Crippen molar-refractivity contribution in [2.45, 2.75) is 26.2 Å². The van der Waals surface area contributed by atoms with E-state index in [0.29, 0.717) is 33.8 Å². The lowest BCUT2D eigenvalue weighted by atomic mass is 9.98. The summed E-state index contributed by atoms with van der Waals surface area (Å²) in [5.41, 5.74) is 12.5. The normalized spacial score (nSPS) is 22.4. The van der Waals surface area contributed by atoms with Crippen LogP contribution in [0.25, 0.3) is 0 Å². The molecule has 1 fully saturated rings. The van der Waals surface area contributed by atoms with Crippen molar-refractivity contribution in [3.05, 3.63) is 22.7 Å². The zero-order valence-electron chi connectivity index (χ0n) is 11.1. The number of benzene rings is 1. The van der Waals surface area contributed by atoms with Gasteiger partial charge < -0.3 is 16.8 Å². The second-order valence-corrected chi connectivity index (χ2v) is 5.75. The van der Waals surface area contributed by atoms with E-state index in [1.807, 2.05) is 0 Å². The molecule has 0 heterocycles. The molecule has 0 spiro atoms. The minimum absolute atomic E-state index is 0.357. The Morgan fingerprint density at radius 1 is 1.47 bits per heavy atom. The summed E-state index contributed by atoms with van der Waals surface area (Å²) in [5.74, 6) is 0.808. The molecular weight excluding hydrogens is 262 g/mol. The molecule has 1 aliphatic carbocycles. The first-order valence-electron chi connectivity index (χ1n) is 6.61. The van der Waals surface area contributed by atoms with Crippen molar-refractivity contribution in [3.8, 4) is 0 Å². The molecule has 5 heteroatoms. The summed E-state index contributed by atoms with van der Waals surface area (Å²) in [4.78, 5) is 11.5. The van der Waals surface area contributed by atoms with Gasteiger partial charge in [-0.2, -0.15) is 0 Å². The summed E-state index contributed by atoms with van der Waals surface area (Å²) in [5, 5.41) is 3.72. The Kier molecular flexibility index (Phi) is 4.20. The van der Waals surface area contributed by atoms with Gasteiger partial charge in [0.15, 0.2) is 0 Å². The number of hydrogen-bond donors (Lipinski definition) is 3. The number of carbonyl (C=O) groups excluding carboxylic acids is 1. The number of primary amides is 1. The number of rotatable bonds is 4. The zero-order valence-corrected chi connectivity index (χ0v) is 11.8.